The second-order valence-corrected chi connectivity index (χ2v) is 13.4. The van der Waals surface area contributed by atoms with Crippen LogP contribution in [0.25, 0.3) is 5.52 Å². The first-order valence-electron chi connectivity index (χ1n) is 14.3. The Balaban J connectivity index is 1.43. The number of anilines is 1. The number of halogens is 1. The highest BCUT2D eigenvalue weighted by molar-refractivity contribution is 7.52. The van der Waals surface area contributed by atoms with E-state index in [1.165, 1.54) is 42.6 Å². The number of aliphatic hydroxyl groups is 1. The number of rotatable bonds is 12. The van der Waals surface area contributed by atoms with Gasteiger partial charge in [0.1, 0.15) is 41.4 Å². The number of esters is 1. The van der Waals surface area contributed by atoms with E-state index in [9.17, 15) is 19.7 Å². The van der Waals surface area contributed by atoms with E-state index in [1.807, 2.05) is 19.9 Å². The Hall–Kier alpha value is -3.60. The first-order chi connectivity index (χ1) is 20.7. The molecule has 236 valence electrons. The maximum atomic E-state index is 16.9. The monoisotopic (exact) mass is 630 g/mol. The molecule has 4 N–H and O–H groups in total. The van der Waals surface area contributed by atoms with Crippen molar-refractivity contribution in [1.29, 1.82) is 5.26 Å². The summed E-state index contributed by atoms with van der Waals surface area (Å²) in [5.41, 5.74) is -3.02. The number of hydrogen-bond acceptors (Lipinski definition) is 11. The third kappa shape index (κ3) is 4.93. The molecule has 1 aromatic carbocycles. The van der Waals surface area contributed by atoms with Crippen LogP contribution >= 0.6 is 7.75 Å². The average Bonchev–Trinajstić information content (AvgIpc) is 3.25. The number of nitriles is 1. The molecule has 3 heterocycles. The fourth-order valence-corrected chi connectivity index (χ4v) is 7.44. The van der Waals surface area contributed by atoms with Crippen LogP contribution < -0.4 is 15.3 Å². The number of benzene rings is 1. The maximum absolute atomic E-state index is 16.9. The Labute approximate surface area is 254 Å². The average molecular weight is 631 g/mol. The van der Waals surface area contributed by atoms with E-state index in [1.54, 1.807) is 18.2 Å². The molecule has 15 heteroatoms. The van der Waals surface area contributed by atoms with E-state index in [0.717, 1.165) is 26.1 Å². The Morgan fingerprint density at radius 1 is 1.30 bits per heavy atom. The van der Waals surface area contributed by atoms with Crippen LogP contribution in [-0.2, 0) is 29.0 Å². The molecule has 44 heavy (non-hydrogen) atoms. The number of nitrogens with one attached hydrogen (secondary N) is 1. The number of carbonyl (C=O) groups is 1. The predicted molar refractivity (Wildman–Crippen MR) is 156 cm³/mol. The Morgan fingerprint density at radius 3 is 2.57 bits per heavy atom. The Kier molecular flexibility index (Phi) is 8.01. The lowest BCUT2D eigenvalue weighted by Gasteiger charge is -2.37. The minimum atomic E-state index is -4.56. The van der Waals surface area contributed by atoms with Crippen molar-refractivity contribution in [3.8, 4) is 11.8 Å². The van der Waals surface area contributed by atoms with E-state index < -0.39 is 48.3 Å². The molecule has 2 aromatic heterocycles. The highest BCUT2D eigenvalue weighted by Gasteiger charge is 2.90. The Morgan fingerprint density at radius 2 is 1.98 bits per heavy atom. The topological polar surface area (TPSA) is 183 Å². The van der Waals surface area contributed by atoms with E-state index in [2.05, 4.69) is 15.2 Å². The molecule has 0 amide bonds. The van der Waals surface area contributed by atoms with Gasteiger partial charge in [-0.15, -0.1) is 0 Å². The molecule has 13 nitrogen and oxygen atoms in total. The highest BCUT2D eigenvalue weighted by atomic mass is 31.2. The second kappa shape index (κ2) is 11.1. The standard InChI is InChI=1S/C29H36FN6O7P/c1-6-18(7-2)15-40-25(37)26(3,4)35-44(39,42-19-11-9-8-10-12-19)43-23-22-29(23,38)27(5,30)28(16-31,41-22)21-14-13-20-24(32)33-17-34-36(20)21/h8-14,17-18,22-23,38H,6-7,15H2,1-5H3,(H,35,39)(H2,32,33,34). The molecule has 0 spiro atoms. The van der Waals surface area contributed by atoms with Crippen LogP contribution in [0.5, 0.6) is 5.75 Å². The van der Waals surface area contributed by atoms with Gasteiger partial charge in [0.05, 0.1) is 12.3 Å². The molecule has 1 saturated heterocycles. The summed E-state index contributed by atoms with van der Waals surface area (Å²) in [5.74, 6) is -0.349. The molecule has 6 atom stereocenters. The maximum Gasteiger partial charge on any atom is 0.460 e. The number of ether oxygens (including phenoxy) is 2. The molecule has 2 fully saturated rings. The van der Waals surface area contributed by atoms with E-state index in [0.29, 0.717) is 5.52 Å². The molecule has 2 aliphatic rings. The van der Waals surface area contributed by atoms with Crippen LogP contribution in [0.1, 0.15) is 53.2 Å². The molecule has 6 unspecified atom stereocenters. The summed E-state index contributed by atoms with van der Waals surface area (Å²) in [5, 5.41) is 28.6. The summed E-state index contributed by atoms with van der Waals surface area (Å²) in [6.45, 7) is 8.03. The third-order valence-corrected chi connectivity index (χ3v) is 10.3. The zero-order valence-corrected chi connectivity index (χ0v) is 26.0. The van der Waals surface area contributed by atoms with Gasteiger partial charge in [-0.2, -0.15) is 15.4 Å². The van der Waals surface area contributed by atoms with Gasteiger partial charge in [-0.3, -0.25) is 9.32 Å². The largest absolute Gasteiger partial charge is 0.464 e. The van der Waals surface area contributed by atoms with Crippen LogP contribution in [-0.4, -0.2) is 61.3 Å². The van der Waals surface area contributed by atoms with Crippen molar-refractivity contribution in [2.75, 3.05) is 12.3 Å². The lowest BCUT2D eigenvalue weighted by atomic mass is 9.80. The second-order valence-electron chi connectivity index (χ2n) is 11.8. The fraction of sp³-hybridized carbons (Fsp3) is 0.517. The van der Waals surface area contributed by atoms with Gasteiger partial charge in [-0.1, -0.05) is 44.9 Å². The van der Waals surface area contributed by atoms with Crippen molar-refractivity contribution < 1.29 is 37.4 Å². The number of carbonyl (C=O) groups excluding carboxylic acids is 1. The number of fused-ring (bicyclic) bond motifs is 2. The van der Waals surface area contributed by atoms with E-state index in [4.69, 9.17) is 24.3 Å². The van der Waals surface area contributed by atoms with Gasteiger partial charge < -0.3 is 24.8 Å². The minimum absolute atomic E-state index is 0.0309. The molecular formula is C29H36FN6O7P. The van der Waals surface area contributed by atoms with Crippen molar-refractivity contribution in [1.82, 2.24) is 19.7 Å². The molecule has 1 aliphatic carbocycles. The zero-order chi connectivity index (χ0) is 32.1. The number of nitrogens with two attached hydrogens (primary N) is 1. The quantitative estimate of drug-likeness (QED) is 0.195. The fourth-order valence-electron chi connectivity index (χ4n) is 5.55. The molecule has 0 bridgehead atoms. The van der Waals surface area contributed by atoms with Crippen LogP contribution in [0.4, 0.5) is 10.2 Å². The Bertz CT molecular complexity index is 1640. The lowest BCUT2D eigenvalue weighted by molar-refractivity contribution is -0.151. The van der Waals surface area contributed by atoms with Gasteiger partial charge in [0.15, 0.2) is 17.1 Å². The number of alkyl halides is 1. The van der Waals surface area contributed by atoms with Gasteiger partial charge in [0.2, 0.25) is 5.60 Å². The minimum Gasteiger partial charge on any atom is -0.464 e. The van der Waals surface area contributed by atoms with Crippen molar-refractivity contribution in [3.63, 3.8) is 0 Å². The first-order valence-corrected chi connectivity index (χ1v) is 15.8. The number of hydrogen-bond donors (Lipinski definition) is 3. The van der Waals surface area contributed by atoms with Crippen molar-refractivity contribution >= 4 is 25.1 Å². The summed E-state index contributed by atoms with van der Waals surface area (Å²) in [4.78, 5) is 17.0. The van der Waals surface area contributed by atoms with Gasteiger partial charge in [0.25, 0.3) is 0 Å². The number of para-hydroxylation sites is 1. The van der Waals surface area contributed by atoms with Crippen LogP contribution in [0, 0.1) is 17.2 Å². The molecule has 1 aliphatic heterocycles. The molecule has 0 radical (unpaired) electrons. The van der Waals surface area contributed by atoms with Crippen molar-refractivity contribution in [2.24, 2.45) is 5.92 Å². The summed E-state index contributed by atoms with van der Waals surface area (Å²) in [6.07, 6.45) is -0.236. The molecular weight excluding hydrogens is 594 g/mol. The number of nitrogens with zero attached hydrogens (tertiary/aromatic N) is 4. The van der Waals surface area contributed by atoms with Gasteiger partial charge in [-0.05, 0) is 51.0 Å². The van der Waals surface area contributed by atoms with Crippen molar-refractivity contribution in [2.45, 2.75) is 82.1 Å². The molecule has 1 saturated carbocycles. The summed E-state index contributed by atoms with van der Waals surface area (Å²) >= 11 is 0. The number of nitrogen functional groups attached to an aromatic ring is 1. The summed E-state index contributed by atoms with van der Waals surface area (Å²) < 4.78 is 55.4. The van der Waals surface area contributed by atoms with E-state index in [-0.39, 0.29) is 29.8 Å². The smallest absolute Gasteiger partial charge is 0.460 e. The first kappa shape index (κ1) is 31.8. The van der Waals surface area contributed by atoms with Gasteiger partial charge in [0, 0.05) is 0 Å². The van der Waals surface area contributed by atoms with Gasteiger partial charge >= 0.3 is 13.7 Å². The predicted octanol–water partition coefficient (Wildman–Crippen LogP) is 3.82. The zero-order valence-electron chi connectivity index (χ0n) is 25.1. The normalized spacial score (nSPS) is 29.2. The summed E-state index contributed by atoms with van der Waals surface area (Å²) in [7, 11) is -4.56. The van der Waals surface area contributed by atoms with Crippen LogP contribution in [0.15, 0.2) is 48.8 Å². The SMILES string of the molecule is CCC(CC)COC(=O)C(C)(C)NP(=O)(Oc1ccccc1)OC1C2OC(C#N)(c3ccc4c(N)ncnn34)C(C)(F)C21O. The van der Waals surface area contributed by atoms with Crippen molar-refractivity contribution in [3.05, 3.63) is 54.5 Å². The molecule has 5 rings (SSSR count). The third-order valence-electron chi connectivity index (χ3n) is 8.50. The van der Waals surface area contributed by atoms with Crippen LogP contribution in [0.3, 0.4) is 0 Å². The summed E-state index contributed by atoms with van der Waals surface area (Å²) in [6, 6.07) is 12.8. The van der Waals surface area contributed by atoms with E-state index >= 15 is 4.39 Å². The highest BCUT2D eigenvalue weighted by Crippen LogP contribution is 2.69. The van der Waals surface area contributed by atoms with Gasteiger partial charge in [-0.25, -0.2) is 18.5 Å². The van der Waals surface area contributed by atoms with Crippen LogP contribution in [0.2, 0.25) is 0 Å². The number of aromatic nitrogens is 3. The molecule has 3 aromatic rings. The lowest BCUT2D eigenvalue weighted by Crippen LogP contribution is -2.54.